The minimum absolute atomic E-state index is 0.0564. The molecule has 7 nitrogen and oxygen atoms in total. The molecule has 2 heterocycles. The summed E-state index contributed by atoms with van der Waals surface area (Å²) in [6.45, 7) is 7.22. The van der Waals surface area contributed by atoms with Crippen molar-refractivity contribution in [2.75, 3.05) is 13.2 Å². The van der Waals surface area contributed by atoms with Crippen molar-refractivity contribution in [2.24, 2.45) is 0 Å². The van der Waals surface area contributed by atoms with E-state index in [4.69, 9.17) is 18.7 Å². The number of carbonyl (C=O) groups is 1. The SMILES string of the molecule is CC(C)(C)c1noc(COC(=O)c2ccc(OCC3CCCO3)cc2)n1. The topological polar surface area (TPSA) is 83.7 Å². The largest absolute Gasteiger partial charge is 0.491 e. The fourth-order valence-electron chi connectivity index (χ4n) is 2.48. The fourth-order valence-corrected chi connectivity index (χ4v) is 2.48. The van der Waals surface area contributed by atoms with Crippen LogP contribution in [0.5, 0.6) is 5.75 Å². The maximum atomic E-state index is 12.1. The highest BCUT2D eigenvalue weighted by molar-refractivity contribution is 5.89. The minimum Gasteiger partial charge on any atom is -0.491 e. The lowest BCUT2D eigenvalue weighted by molar-refractivity contribution is 0.0429. The van der Waals surface area contributed by atoms with Gasteiger partial charge in [-0.2, -0.15) is 4.98 Å². The molecule has 0 N–H and O–H groups in total. The molecule has 0 spiro atoms. The molecule has 0 saturated carbocycles. The number of aromatic nitrogens is 2. The van der Waals surface area contributed by atoms with Crippen molar-refractivity contribution in [1.82, 2.24) is 10.1 Å². The predicted molar refractivity (Wildman–Crippen MR) is 93.0 cm³/mol. The normalized spacial score (nSPS) is 17.3. The third-order valence-electron chi connectivity index (χ3n) is 4.02. The number of rotatable bonds is 6. The first-order valence-corrected chi connectivity index (χ1v) is 8.76. The van der Waals surface area contributed by atoms with Crippen LogP contribution >= 0.6 is 0 Å². The van der Waals surface area contributed by atoms with Gasteiger partial charge >= 0.3 is 5.97 Å². The summed E-state index contributed by atoms with van der Waals surface area (Å²) >= 11 is 0. The molecule has 1 aliphatic rings. The van der Waals surface area contributed by atoms with Crippen molar-refractivity contribution in [1.29, 1.82) is 0 Å². The van der Waals surface area contributed by atoms with E-state index in [1.807, 2.05) is 20.8 Å². The second-order valence-electron chi connectivity index (χ2n) is 7.31. The van der Waals surface area contributed by atoms with Crippen LogP contribution in [0.4, 0.5) is 0 Å². The maximum Gasteiger partial charge on any atom is 0.338 e. The van der Waals surface area contributed by atoms with Gasteiger partial charge in [0.05, 0.1) is 11.7 Å². The van der Waals surface area contributed by atoms with E-state index in [2.05, 4.69) is 10.1 Å². The zero-order valence-corrected chi connectivity index (χ0v) is 15.4. The molecule has 1 atom stereocenters. The van der Waals surface area contributed by atoms with Crippen molar-refractivity contribution in [3.8, 4) is 5.75 Å². The Labute approximate surface area is 152 Å². The van der Waals surface area contributed by atoms with Gasteiger partial charge in [0, 0.05) is 12.0 Å². The summed E-state index contributed by atoms with van der Waals surface area (Å²) < 4.78 is 21.5. The fraction of sp³-hybridized carbons (Fsp3) is 0.526. The van der Waals surface area contributed by atoms with E-state index in [0.29, 0.717) is 23.7 Å². The Morgan fingerprint density at radius 3 is 2.65 bits per heavy atom. The second-order valence-corrected chi connectivity index (χ2v) is 7.31. The lowest BCUT2D eigenvalue weighted by atomic mass is 9.96. The Morgan fingerprint density at radius 2 is 2.04 bits per heavy atom. The molecule has 1 aromatic heterocycles. The molecule has 1 unspecified atom stereocenters. The van der Waals surface area contributed by atoms with E-state index in [0.717, 1.165) is 19.4 Å². The Hall–Kier alpha value is -2.41. The number of benzene rings is 1. The predicted octanol–water partition coefficient (Wildman–Crippen LogP) is 3.28. The summed E-state index contributed by atoms with van der Waals surface area (Å²) in [6.07, 6.45) is 2.26. The van der Waals surface area contributed by atoms with E-state index >= 15 is 0 Å². The van der Waals surface area contributed by atoms with Crippen molar-refractivity contribution in [3.63, 3.8) is 0 Å². The maximum absolute atomic E-state index is 12.1. The van der Waals surface area contributed by atoms with Crippen molar-refractivity contribution < 1.29 is 23.5 Å². The number of ether oxygens (including phenoxy) is 3. The molecule has 1 aromatic carbocycles. The highest BCUT2D eigenvalue weighted by atomic mass is 16.6. The monoisotopic (exact) mass is 360 g/mol. The quantitative estimate of drug-likeness (QED) is 0.731. The van der Waals surface area contributed by atoms with E-state index < -0.39 is 5.97 Å². The lowest BCUT2D eigenvalue weighted by Gasteiger charge is -2.11. The number of hydrogen-bond acceptors (Lipinski definition) is 7. The van der Waals surface area contributed by atoms with Gasteiger partial charge in [-0.1, -0.05) is 25.9 Å². The van der Waals surface area contributed by atoms with Crippen LogP contribution < -0.4 is 4.74 Å². The highest BCUT2D eigenvalue weighted by Gasteiger charge is 2.21. The molecule has 2 aromatic rings. The van der Waals surface area contributed by atoms with Gasteiger partial charge in [0.1, 0.15) is 12.4 Å². The van der Waals surface area contributed by atoms with E-state index in [-0.39, 0.29) is 24.0 Å². The first kappa shape index (κ1) is 18.4. The van der Waals surface area contributed by atoms with Gasteiger partial charge in [0.2, 0.25) is 0 Å². The summed E-state index contributed by atoms with van der Waals surface area (Å²) in [7, 11) is 0. The van der Waals surface area contributed by atoms with Gasteiger partial charge in [-0.15, -0.1) is 0 Å². The van der Waals surface area contributed by atoms with Crippen LogP contribution in [-0.2, 0) is 21.5 Å². The van der Waals surface area contributed by atoms with Crippen LogP contribution in [-0.4, -0.2) is 35.4 Å². The second kappa shape index (κ2) is 7.86. The summed E-state index contributed by atoms with van der Waals surface area (Å²) in [5.74, 6) is 1.10. The van der Waals surface area contributed by atoms with Gasteiger partial charge in [0.25, 0.3) is 5.89 Å². The molecule has 0 aliphatic carbocycles. The molecule has 1 saturated heterocycles. The number of hydrogen-bond donors (Lipinski definition) is 0. The van der Waals surface area contributed by atoms with Crippen molar-refractivity contribution >= 4 is 5.97 Å². The molecule has 0 radical (unpaired) electrons. The molecule has 26 heavy (non-hydrogen) atoms. The summed E-state index contributed by atoms with van der Waals surface area (Å²) in [6, 6.07) is 6.83. The van der Waals surface area contributed by atoms with Crippen LogP contribution in [0.2, 0.25) is 0 Å². The van der Waals surface area contributed by atoms with Gasteiger partial charge in [-0.3, -0.25) is 0 Å². The molecule has 7 heteroatoms. The molecule has 0 amide bonds. The summed E-state index contributed by atoms with van der Waals surface area (Å²) in [4.78, 5) is 16.4. The summed E-state index contributed by atoms with van der Waals surface area (Å²) in [5, 5.41) is 3.90. The average molecular weight is 360 g/mol. The molecular weight excluding hydrogens is 336 g/mol. The molecule has 1 fully saturated rings. The van der Waals surface area contributed by atoms with Crippen LogP contribution in [0, 0.1) is 0 Å². The van der Waals surface area contributed by atoms with Crippen molar-refractivity contribution in [2.45, 2.75) is 51.7 Å². The third-order valence-corrected chi connectivity index (χ3v) is 4.02. The molecule has 3 rings (SSSR count). The Bertz CT molecular complexity index is 727. The zero-order valence-electron chi connectivity index (χ0n) is 15.4. The van der Waals surface area contributed by atoms with Gasteiger partial charge in [-0.05, 0) is 37.1 Å². The van der Waals surface area contributed by atoms with Crippen molar-refractivity contribution in [3.05, 3.63) is 41.5 Å². The van der Waals surface area contributed by atoms with E-state index in [1.54, 1.807) is 24.3 Å². The zero-order chi connectivity index (χ0) is 18.6. The average Bonchev–Trinajstić information content (AvgIpc) is 3.29. The molecule has 140 valence electrons. The Morgan fingerprint density at radius 1 is 1.27 bits per heavy atom. The van der Waals surface area contributed by atoms with Crippen LogP contribution in [0.3, 0.4) is 0 Å². The lowest BCUT2D eigenvalue weighted by Crippen LogP contribution is -2.16. The van der Waals surface area contributed by atoms with Crippen LogP contribution in [0.1, 0.15) is 55.7 Å². The Kier molecular flexibility index (Phi) is 5.56. The Balaban J connectivity index is 1.49. The highest BCUT2D eigenvalue weighted by Crippen LogP contribution is 2.19. The molecule has 1 aliphatic heterocycles. The smallest absolute Gasteiger partial charge is 0.338 e. The first-order valence-electron chi connectivity index (χ1n) is 8.76. The third kappa shape index (κ3) is 4.82. The summed E-state index contributed by atoms with van der Waals surface area (Å²) in [5.41, 5.74) is 0.218. The molecule has 0 bridgehead atoms. The molecular formula is C19H24N2O5. The number of nitrogens with zero attached hydrogens (tertiary/aromatic N) is 2. The van der Waals surface area contributed by atoms with Gasteiger partial charge in [-0.25, -0.2) is 4.79 Å². The van der Waals surface area contributed by atoms with Crippen LogP contribution in [0.15, 0.2) is 28.8 Å². The van der Waals surface area contributed by atoms with Gasteiger partial charge < -0.3 is 18.7 Å². The van der Waals surface area contributed by atoms with E-state index in [9.17, 15) is 4.79 Å². The van der Waals surface area contributed by atoms with Gasteiger partial charge in [0.15, 0.2) is 12.4 Å². The minimum atomic E-state index is -0.453. The standard InChI is InChI=1S/C19H24N2O5/c1-19(2,3)18-20-16(26-21-18)12-25-17(22)13-6-8-14(9-7-13)24-11-15-5-4-10-23-15/h6-9,15H,4-5,10-12H2,1-3H3. The first-order chi connectivity index (χ1) is 12.4. The van der Waals surface area contributed by atoms with E-state index in [1.165, 1.54) is 0 Å². The number of esters is 1. The van der Waals surface area contributed by atoms with Crippen LogP contribution in [0.25, 0.3) is 0 Å². The number of carbonyl (C=O) groups excluding carboxylic acids is 1.